The number of nitrogens with zero attached hydrogens (tertiary/aromatic N) is 2. The quantitative estimate of drug-likeness (QED) is 0.767. The van der Waals surface area contributed by atoms with Gasteiger partial charge in [0.05, 0.1) is 0 Å². The number of hydrogen-bond donors (Lipinski definition) is 0. The van der Waals surface area contributed by atoms with E-state index in [9.17, 15) is 0 Å². The molecule has 0 bridgehead atoms. The molecule has 0 aliphatic heterocycles. The van der Waals surface area contributed by atoms with Crippen molar-refractivity contribution >= 4 is 0 Å². The van der Waals surface area contributed by atoms with Gasteiger partial charge >= 0.3 is 0 Å². The van der Waals surface area contributed by atoms with E-state index in [-0.39, 0.29) is 0 Å². The second-order valence-electron chi connectivity index (χ2n) is 6.85. The van der Waals surface area contributed by atoms with Crippen LogP contribution in [0.2, 0.25) is 0 Å². The Hall–Kier alpha value is -1.70. The molecule has 0 radical (unpaired) electrons. The van der Waals surface area contributed by atoms with Crippen molar-refractivity contribution < 1.29 is 0 Å². The van der Waals surface area contributed by atoms with E-state index in [1.165, 1.54) is 24.0 Å². The zero-order valence-electron chi connectivity index (χ0n) is 13.4. The Labute approximate surface area is 128 Å². The van der Waals surface area contributed by atoms with Crippen LogP contribution < -0.4 is 0 Å². The fourth-order valence-corrected chi connectivity index (χ4v) is 2.79. The molecule has 21 heavy (non-hydrogen) atoms. The minimum absolute atomic E-state index is 0.347. The number of aryl methyl sites for hydroxylation is 2. The topological polar surface area (TPSA) is 25.8 Å². The van der Waals surface area contributed by atoms with Crippen LogP contribution in [0.3, 0.4) is 0 Å². The molecule has 0 amide bonds. The molecule has 0 aliphatic rings. The van der Waals surface area contributed by atoms with Crippen LogP contribution in [0.5, 0.6) is 0 Å². The highest BCUT2D eigenvalue weighted by atomic mass is 14.6. The molecular formula is C19H26N2. The number of hydrogen-bond acceptors (Lipinski definition) is 2. The second kappa shape index (κ2) is 7.35. The number of aromatic nitrogens is 2. The van der Waals surface area contributed by atoms with Gasteiger partial charge in [-0.05, 0) is 72.4 Å². The number of rotatable bonds is 6. The van der Waals surface area contributed by atoms with Gasteiger partial charge in [-0.3, -0.25) is 9.97 Å². The average Bonchev–Trinajstić information content (AvgIpc) is 2.48. The summed E-state index contributed by atoms with van der Waals surface area (Å²) in [5.74, 6) is 0.721. The van der Waals surface area contributed by atoms with Crippen molar-refractivity contribution in [3.05, 3.63) is 60.2 Å². The maximum atomic E-state index is 4.09. The van der Waals surface area contributed by atoms with Crippen molar-refractivity contribution in [1.29, 1.82) is 0 Å². The summed E-state index contributed by atoms with van der Waals surface area (Å²) in [6.45, 7) is 7.07. The predicted octanol–water partition coefficient (Wildman–Crippen LogP) is 4.70. The molecule has 0 atom stereocenters. The van der Waals surface area contributed by atoms with Crippen molar-refractivity contribution in [1.82, 2.24) is 9.97 Å². The second-order valence-corrected chi connectivity index (χ2v) is 6.85. The summed E-state index contributed by atoms with van der Waals surface area (Å²) in [5.41, 5.74) is 3.13. The molecule has 0 spiro atoms. The first kappa shape index (κ1) is 15.7. The Kier molecular flexibility index (Phi) is 5.49. The van der Waals surface area contributed by atoms with Gasteiger partial charge in [0.25, 0.3) is 0 Å². The highest BCUT2D eigenvalue weighted by Crippen LogP contribution is 2.33. The third-order valence-electron chi connectivity index (χ3n) is 4.29. The Morgan fingerprint density at radius 3 is 1.48 bits per heavy atom. The van der Waals surface area contributed by atoms with Gasteiger partial charge in [0.1, 0.15) is 0 Å². The van der Waals surface area contributed by atoms with E-state index in [1.807, 2.05) is 24.8 Å². The molecular weight excluding hydrogens is 256 g/mol. The zero-order chi connectivity index (χ0) is 15.1. The molecule has 2 rings (SSSR count). The maximum Gasteiger partial charge on any atom is 0.0270 e. The number of pyridine rings is 2. The summed E-state index contributed by atoms with van der Waals surface area (Å²) in [4.78, 5) is 8.18. The molecule has 0 saturated heterocycles. The minimum atomic E-state index is 0.347. The first-order valence-corrected chi connectivity index (χ1v) is 7.83. The Balaban J connectivity index is 1.92. The monoisotopic (exact) mass is 282 g/mol. The lowest BCUT2D eigenvalue weighted by atomic mass is 9.74. The molecule has 0 aliphatic carbocycles. The zero-order valence-corrected chi connectivity index (χ0v) is 13.4. The van der Waals surface area contributed by atoms with Gasteiger partial charge in [-0.2, -0.15) is 0 Å². The first-order chi connectivity index (χ1) is 10.1. The molecule has 0 aromatic carbocycles. The van der Waals surface area contributed by atoms with Gasteiger partial charge in [-0.1, -0.05) is 20.8 Å². The summed E-state index contributed by atoms with van der Waals surface area (Å²) in [6, 6.07) is 8.51. The molecule has 0 unspecified atom stereocenters. The van der Waals surface area contributed by atoms with Crippen LogP contribution in [0, 0.1) is 11.3 Å². The lowest BCUT2D eigenvalue weighted by Crippen LogP contribution is -2.22. The summed E-state index contributed by atoms with van der Waals surface area (Å²) in [6.07, 6.45) is 12.3. The van der Waals surface area contributed by atoms with E-state index in [0.717, 1.165) is 18.8 Å². The van der Waals surface area contributed by atoms with Crippen molar-refractivity contribution in [2.75, 3.05) is 0 Å². The van der Waals surface area contributed by atoms with Gasteiger partial charge in [0.15, 0.2) is 0 Å². The van der Waals surface area contributed by atoms with Gasteiger partial charge in [0, 0.05) is 24.8 Å². The largest absolute Gasteiger partial charge is 0.265 e. The van der Waals surface area contributed by atoms with Crippen LogP contribution >= 0.6 is 0 Å². The van der Waals surface area contributed by atoms with E-state index in [0.29, 0.717) is 5.41 Å². The Morgan fingerprint density at radius 1 is 0.762 bits per heavy atom. The SMILES string of the molecule is CC(C)(C)C(CCc1ccncc1)CCc1ccncc1. The summed E-state index contributed by atoms with van der Waals surface area (Å²) >= 11 is 0. The van der Waals surface area contributed by atoms with Crippen molar-refractivity contribution in [3.8, 4) is 0 Å². The maximum absolute atomic E-state index is 4.09. The van der Waals surface area contributed by atoms with E-state index in [2.05, 4.69) is 55.0 Å². The molecule has 2 aromatic heterocycles. The highest BCUT2D eigenvalue weighted by Gasteiger charge is 2.23. The van der Waals surface area contributed by atoms with Crippen LogP contribution in [0.4, 0.5) is 0 Å². The predicted molar refractivity (Wildman–Crippen MR) is 88.1 cm³/mol. The fraction of sp³-hybridized carbons (Fsp3) is 0.474. The minimum Gasteiger partial charge on any atom is -0.265 e. The standard InChI is InChI=1S/C19H26N2/c1-19(2,3)18(6-4-16-8-12-20-13-9-16)7-5-17-10-14-21-15-11-17/h8-15,18H,4-7H2,1-3H3. The third kappa shape index (κ3) is 5.30. The van der Waals surface area contributed by atoms with E-state index in [1.54, 1.807) is 0 Å². The van der Waals surface area contributed by atoms with Crippen LogP contribution in [0.15, 0.2) is 49.1 Å². The van der Waals surface area contributed by atoms with Crippen LogP contribution in [-0.4, -0.2) is 9.97 Å². The molecule has 0 saturated carbocycles. The van der Waals surface area contributed by atoms with E-state index >= 15 is 0 Å². The van der Waals surface area contributed by atoms with Crippen molar-refractivity contribution in [3.63, 3.8) is 0 Å². The molecule has 2 nitrogen and oxygen atoms in total. The normalized spacial score (nSPS) is 11.8. The average molecular weight is 282 g/mol. The smallest absolute Gasteiger partial charge is 0.0270 e. The van der Waals surface area contributed by atoms with Gasteiger partial charge < -0.3 is 0 Å². The van der Waals surface area contributed by atoms with Gasteiger partial charge in [-0.15, -0.1) is 0 Å². The molecule has 2 heterocycles. The lowest BCUT2D eigenvalue weighted by molar-refractivity contribution is 0.212. The summed E-state index contributed by atoms with van der Waals surface area (Å²) < 4.78 is 0. The Morgan fingerprint density at radius 2 is 1.14 bits per heavy atom. The fourth-order valence-electron chi connectivity index (χ4n) is 2.79. The van der Waals surface area contributed by atoms with E-state index in [4.69, 9.17) is 0 Å². The highest BCUT2D eigenvalue weighted by molar-refractivity contribution is 5.11. The molecule has 0 N–H and O–H groups in total. The third-order valence-corrected chi connectivity index (χ3v) is 4.29. The van der Waals surface area contributed by atoms with Gasteiger partial charge in [-0.25, -0.2) is 0 Å². The van der Waals surface area contributed by atoms with Gasteiger partial charge in [0.2, 0.25) is 0 Å². The Bertz CT molecular complexity index is 471. The lowest BCUT2D eigenvalue weighted by Gasteiger charge is -2.31. The van der Waals surface area contributed by atoms with E-state index < -0.39 is 0 Å². The van der Waals surface area contributed by atoms with Crippen LogP contribution in [0.25, 0.3) is 0 Å². The molecule has 0 fully saturated rings. The molecule has 2 heteroatoms. The summed E-state index contributed by atoms with van der Waals surface area (Å²) in [7, 11) is 0. The van der Waals surface area contributed by atoms with Crippen molar-refractivity contribution in [2.24, 2.45) is 11.3 Å². The van der Waals surface area contributed by atoms with Crippen molar-refractivity contribution in [2.45, 2.75) is 46.5 Å². The first-order valence-electron chi connectivity index (χ1n) is 7.83. The molecule has 112 valence electrons. The van der Waals surface area contributed by atoms with Crippen LogP contribution in [0.1, 0.15) is 44.7 Å². The van der Waals surface area contributed by atoms with Crippen LogP contribution in [-0.2, 0) is 12.8 Å². The summed E-state index contributed by atoms with van der Waals surface area (Å²) in [5, 5.41) is 0. The molecule has 2 aromatic rings.